The summed E-state index contributed by atoms with van der Waals surface area (Å²) in [6.07, 6.45) is 5.48. The molecular formula is C18H21N3O4. The summed E-state index contributed by atoms with van der Waals surface area (Å²) < 4.78 is 5.15. The lowest BCUT2D eigenvalue weighted by Gasteiger charge is -2.19. The number of hydrogen-bond donors (Lipinski definition) is 1. The lowest BCUT2D eigenvalue weighted by atomic mass is 10.1. The van der Waals surface area contributed by atoms with Crippen molar-refractivity contribution in [3.8, 4) is 0 Å². The maximum atomic E-state index is 11.5. The zero-order valence-electron chi connectivity index (χ0n) is 14.5. The number of carbonyl (C=O) groups excluding carboxylic acids is 1. The van der Waals surface area contributed by atoms with Crippen LogP contribution in [0.3, 0.4) is 0 Å². The normalized spacial score (nSPS) is 11.6. The predicted molar refractivity (Wildman–Crippen MR) is 96.3 cm³/mol. The highest BCUT2D eigenvalue weighted by molar-refractivity contribution is 5.93. The first kappa shape index (κ1) is 18.4. The van der Waals surface area contributed by atoms with Crippen molar-refractivity contribution >= 4 is 28.8 Å². The Morgan fingerprint density at radius 3 is 2.80 bits per heavy atom. The van der Waals surface area contributed by atoms with Crippen LogP contribution in [0.1, 0.15) is 32.8 Å². The van der Waals surface area contributed by atoms with Gasteiger partial charge in [-0.15, -0.1) is 0 Å². The molecule has 1 N–H and O–H groups in total. The number of rotatable bonds is 5. The van der Waals surface area contributed by atoms with Crippen LogP contribution in [-0.2, 0) is 4.74 Å². The molecule has 0 aliphatic heterocycles. The van der Waals surface area contributed by atoms with Crippen molar-refractivity contribution < 1.29 is 14.5 Å². The fraction of sp³-hybridized carbons (Fsp3) is 0.333. The Balaban J connectivity index is 2.01. The Hall–Kier alpha value is -2.96. The molecule has 132 valence electrons. The first-order valence-electron chi connectivity index (χ1n) is 7.93. The number of carbonyl (C=O) groups is 1. The number of fused-ring (bicyclic) bond motifs is 1. The van der Waals surface area contributed by atoms with E-state index in [0.29, 0.717) is 23.9 Å². The van der Waals surface area contributed by atoms with Gasteiger partial charge in [-0.25, -0.2) is 4.79 Å². The van der Waals surface area contributed by atoms with Crippen LogP contribution >= 0.6 is 0 Å². The van der Waals surface area contributed by atoms with Gasteiger partial charge < -0.3 is 10.1 Å². The van der Waals surface area contributed by atoms with Crippen molar-refractivity contribution in [2.45, 2.75) is 32.8 Å². The zero-order chi connectivity index (χ0) is 18.4. The van der Waals surface area contributed by atoms with E-state index in [1.165, 1.54) is 6.07 Å². The maximum absolute atomic E-state index is 11.5. The van der Waals surface area contributed by atoms with Gasteiger partial charge >= 0.3 is 6.09 Å². The van der Waals surface area contributed by atoms with Gasteiger partial charge in [0, 0.05) is 24.4 Å². The van der Waals surface area contributed by atoms with Gasteiger partial charge in [-0.1, -0.05) is 12.2 Å². The van der Waals surface area contributed by atoms with Crippen LogP contribution < -0.4 is 5.32 Å². The highest BCUT2D eigenvalue weighted by Gasteiger charge is 2.15. The molecule has 0 saturated heterocycles. The van der Waals surface area contributed by atoms with E-state index in [2.05, 4.69) is 10.3 Å². The molecule has 1 amide bonds. The van der Waals surface area contributed by atoms with Crippen LogP contribution in [0, 0.1) is 10.1 Å². The number of amides is 1. The van der Waals surface area contributed by atoms with Crippen molar-refractivity contribution in [2.24, 2.45) is 0 Å². The van der Waals surface area contributed by atoms with Gasteiger partial charge in [-0.3, -0.25) is 15.1 Å². The molecule has 0 radical (unpaired) electrons. The van der Waals surface area contributed by atoms with Gasteiger partial charge in [-0.05, 0) is 45.4 Å². The molecule has 0 aliphatic carbocycles. The minimum Gasteiger partial charge on any atom is -0.444 e. The third-order valence-corrected chi connectivity index (χ3v) is 3.25. The molecule has 2 aromatic rings. The number of nitrogens with zero attached hydrogens (tertiary/aromatic N) is 2. The fourth-order valence-corrected chi connectivity index (χ4v) is 2.26. The summed E-state index contributed by atoms with van der Waals surface area (Å²) in [5, 5.41) is 14.3. The van der Waals surface area contributed by atoms with Crippen LogP contribution in [0.15, 0.2) is 36.5 Å². The lowest BCUT2D eigenvalue weighted by molar-refractivity contribution is -0.383. The van der Waals surface area contributed by atoms with E-state index in [0.717, 1.165) is 5.56 Å². The average Bonchev–Trinajstić information content (AvgIpc) is 2.52. The molecule has 0 bridgehead atoms. The summed E-state index contributed by atoms with van der Waals surface area (Å²) in [4.78, 5) is 26.5. The molecular weight excluding hydrogens is 322 g/mol. The quantitative estimate of drug-likeness (QED) is 0.501. The standard InChI is InChI=1S/C18H21N3O4/c1-18(2,3)25-17(22)20-11-5-4-7-13-9-10-15(21(23)24)14-8-6-12-19-16(13)14/h4,6-10,12H,5,11H2,1-3H3,(H,20,22). The molecule has 1 heterocycles. The minimum atomic E-state index is -0.525. The van der Waals surface area contributed by atoms with Gasteiger partial charge in [-0.2, -0.15) is 0 Å². The molecule has 7 nitrogen and oxygen atoms in total. The van der Waals surface area contributed by atoms with Crippen LogP contribution in [0.4, 0.5) is 10.5 Å². The van der Waals surface area contributed by atoms with Crippen LogP contribution in [0.5, 0.6) is 0 Å². The number of nitrogens with one attached hydrogen (secondary N) is 1. The Bertz CT molecular complexity index is 810. The van der Waals surface area contributed by atoms with Gasteiger partial charge in [0.15, 0.2) is 0 Å². The van der Waals surface area contributed by atoms with E-state index in [-0.39, 0.29) is 5.69 Å². The number of aromatic nitrogens is 1. The first-order chi connectivity index (χ1) is 11.8. The van der Waals surface area contributed by atoms with Crippen molar-refractivity contribution in [3.63, 3.8) is 0 Å². The molecule has 0 unspecified atom stereocenters. The Morgan fingerprint density at radius 2 is 2.12 bits per heavy atom. The molecule has 1 aromatic heterocycles. The van der Waals surface area contributed by atoms with E-state index < -0.39 is 16.6 Å². The number of nitro benzene ring substituents is 1. The molecule has 0 fully saturated rings. The second-order valence-corrected chi connectivity index (χ2v) is 6.45. The summed E-state index contributed by atoms with van der Waals surface area (Å²) in [5.74, 6) is 0. The number of pyridine rings is 1. The Labute approximate surface area is 145 Å². The van der Waals surface area contributed by atoms with Crippen LogP contribution in [0.25, 0.3) is 17.0 Å². The number of non-ortho nitro benzene ring substituents is 1. The van der Waals surface area contributed by atoms with E-state index >= 15 is 0 Å². The topological polar surface area (TPSA) is 94.4 Å². The van der Waals surface area contributed by atoms with Crippen molar-refractivity contribution in [1.29, 1.82) is 0 Å². The van der Waals surface area contributed by atoms with Crippen molar-refractivity contribution in [2.75, 3.05) is 6.54 Å². The second-order valence-electron chi connectivity index (χ2n) is 6.45. The van der Waals surface area contributed by atoms with Gasteiger partial charge in [0.2, 0.25) is 0 Å². The Kier molecular flexibility index (Phi) is 5.69. The van der Waals surface area contributed by atoms with Crippen molar-refractivity contribution in [1.82, 2.24) is 10.3 Å². The SMILES string of the molecule is CC(C)(C)OC(=O)NCCC=Cc1ccc([N+](=O)[O-])c2cccnc12. The molecule has 0 saturated carbocycles. The van der Waals surface area contributed by atoms with Crippen molar-refractivity contribution in [3.05, 3.63) is 52.2 Å². The first-order valence-corrected chi connectivity index (χ1v) is 7.93. The molecule has 7 heteroatoms. The molecule has 0 spiro atoms. The summed E-state index contributed by atoms with van der Waals surface area (Å²) in [5.41, 5.74) is 0.877. The number of ether oxygens (including phenoxy) is 1. The molecule has 1 aromatic carbocycles. The van der Waals surface area contributed by atoms with Gasteiger partial charge in [0.25, 0.3) is 5.69 Å². The monoisotopic (exact) mass is 343 g/mol. The fourth-order valence-electron chi connectivity index (χ4n) is 2.26. The zero-order valence-corrected chi connectivity index (χ0v) is 14.5. The highest BCUT2D eigenvalue weighted by Crippen LogP contribution is 2.27. The number of benzene rings is 1. The third-order valence-electron chi connectivity index (χ3n) is 3.25. The largest absolute Gasteiger partial charge is 0.444 e. The second kappa shape index (κ2) is 7.74. The molecule has 25 heavy (non-hydrogen) atoms. The number of hydrogen-bond acceptors (Lipinski definition) is 5. The Morgan fingerprint density at radius 1 is 1.36 bits per heavy atom. The van der Waals surface area contributed by atoms with Gasteiger partial charge in [0.05, 0.1) is 15.8 Å². The summed E-state index contributed by atoms with van der Waals surface area (Å²) >= 11 is 0. The molecule has 0 atom stereocenters. The average molecular weight is 343 g/mol. The predicted octanol–water partition coefficient (Wildman–Crippen LogP) is 4.07. The summed E-state index contributed by atoms with van der Waals surface area (Å²) in [6, 6.07) is 6.50. The summed E-state index contributed by atoms with van der Waals surface area (Å²) in [7, 11) is 0. The van der Waals surface area contributed by atoms with E-state index in [9.17, 15) is 14.9 Å². The van der Waals surface area contributed by atoms with E-state index in [1.54, 1.807) is 45.2 Å². The number of alkyl carbamates (subject to hydrolysis) is 1. The van der Waals surface area contributed by atoms with E-state index in [4.69, 9.17) is 4.74 Å². The lowest BCUT2D eigenvalue weighted by Crippen LogP contribution is -2.32. The minimum absolute atomic E-state index is 0.0341. The maximum Gasteiger partial charge on any atom is 0.407 e. The van der Waals surface area contributed by atoms with Crippen LogP contribution in [0.2, 0.25) is 0 Å². The molecule has 2 rings (SSSR count). The summed E-state index contributed by atoms with van der Waals surface area (Å²) in [6.45, 7) is 5.85. The highest BCUT2D eigenvalue weighted by atomic mass is 16.6. The van der Waals surface area contributed by atoms with E-state index in [1.807, 2.05) is 12.2 Å². The van der Waals surface area contributed by atoms with Gasteiger partial charge in [0.1, 0.15) is 5.60 Å². The van der Waals surface area contributed by atoms with Crippen LogP contribution in [-0.4, -0.2) is 28.1 Å². The smallest absolute Gasteiger partial charge is 0.407 e. The number of nitro groups is 1. The molecule has 0 aliphatic rings. The third kappa shape index (κ3) is 5.27.